The number of carbonyl (C=O) groups excluding carboxylic acids is 1. The summed E-state index contributed by atoms with van der Waals surface area (Å²) in [5.74, 6) is 1.61. The van der Waals surface area contributed by atoms with E-state index in [1.807, 2.05) is 38.7 Å². The Hall–Kier alpha value is -4.15. The maximum absolute atomic E-state index is 13.7. The molecule has 1 atom stereocenters. The molecule has 2 N–H and O–H groups in total. The molecule has 4 heterocycles. The van der Waals surface area contributed by atoms with Gasteiger partial charge in [-0.1, -0.05) is 32.0 Å². The van der Waals surface area contributed by atoms with Crippen LogP contribution < -0.4 is 15.5 Å². The quantitative estimate of drug-likeness (QED) is 0.414. The lowest BCUT2D eigenvalue weighted by molar-refractivity contribution is 0.102. The maximum atomic E-state index is 13.7. The van der Waals surface area contributed by atoms with Gasteiger partial charge in [-0.3, -0.25) is 4.79 Å². The highest BCUT2D eigenvalue weighted by Crippen LogP contribution is 2.28. The highest BCUT2D eigenvalue weighted by Gasteiger charge is 2.25. The Bertz CT molecular complexity index is 1430. The zero-order valence-electron chi connectivity index (χ0n) is 20.5. The van der Waals surface area contributed by atoms with Crippen LogP contribution in [0.2, 0.25) is 0 Å². The van der Waals surface area contributed by atoms with Gasteiger partial charge >= 0.3 is 0 Å². The zero-order chi connectivity index (χ0) is 25.4. The molecule has 0 aliphatic carbocycles. The van der Waals surface area contributed by atoms with Gasteiger partial charge in [0.25, 0.3) is 5.91 Å². The molecule has 0 bridgehead atoms. The summed E-state index contributed by atoms with van der Waals surface area (Å²) in [5.41, 5.74) is 2.87. The van der Waals surface area contributed by atoms with Crippen LogP contribution in [0.15, 0.2) is 41.3 Å². The molecule has 10 nitrogen and oxygen atoms in total. The van der Waals surface area contributed by atoms with E-state index >= 15 is 0 Å². The Labute approximate surface area is 207 Å². The Morgan fingerprint density at radius 3 is 2.75 bits per heavy atom. The van der Waals surface area contributed by atoms with Crippen LogP contribution in [0.3, 0.4) is 0 Å². The first-order valence-electron chi connectivity index (χ1n) is 11.7. The molecule has 0 saturated carbocycles. The van der Waals surface area contributed by atoms with E-state index in [9.17, 15) is 9.18 Å². The molecule has 0 unspecified atom stereocenters. The minimum absolute atomic E-state index is 0.219. The third-order valence-corrected chi connectivity index (χ3v) is 6.02. The molecule has 1 aliphatic rings. The predicted octanol–water partition coefficient (Wildman–Crippen LogP) is 4.56. The van der Waals surface area contributed by atoms with Crippen molar-refractivity contribution in [1.82, 2.24) is 25.1 Å². The summed E-state index contributed by atoms with van der Waals surface area (Å²) in [5, 5.41) is 10.0. The number of amides is 1. The lowest BCUT2D eigenvalue weighted by Crippen LogP contribution is -2.22. The Balaban J connectivity index is 1.40. The van der Waals surface area contributed by atoms with Crippen LogP contribution in [0.25, 0.3) is 11.0 Å². The van der Waals surface area contributed by atoms with Crippen LogP contribution in [0, 0.1) is 6.92 Å². The number of nitrogens with zero attached hydrogens (tertiary/aromatic N) is 6. The highest BCUT2D eigenvalue weighted by molar-refractivity contribution is 6.04. The van der Waals surface area contributed by atoms with Crippen molar-refractivity contribution in [3.63, 3.8) is 0 Å². The molecule has 186 valence electrons. The first-order valence-corrected chi connectivity index (χ1v) is 11.7. The Morgan fingerprint density at radius 1 is 1.19 bits per heavy atom. The van der Waals surface area contributed by atoms with Gasteiger partial charge in [0.2, 0.25) is 5.95 Å². The van der Waals surface area contributed by atoms with E-state index in [1.54, 1.807) is 24.4 Å². The molecular weight excluding hydrogens is 463 g/mol. The van der Waals surface area contributed by atoms with Crippen molar-refractivity contribution < 1.29 is 13.7 Å². The standard InChI is InChI=1S/C25H27FN8O2/c1-14-5-6-15(23(35)31-20-10-19(36-33-20)25(2,3)4)9-17(14)30-22-21-18(28-13-29-22)11-27-24(32-21)34-8-7-16(26)12-34/h5-6,9-11,13,16H,7-8,12H2,1-4H3,(H,28,29,30)(H,31,33,35)/t16-/m0/s1. The number of alkyl halides is 1. The number of rotatable bonds is 5. The number of nitrogens with one attached hydrogen (secondary N) is 2. The molecular formula is C25H27FN8O2. The fourth-order valence-electron chi connectivity index (χ4n) is 3.89. The third-order valence-electron chi connectivity index (χ3n) is 6.02. The molecule has 4 aromatic rings. The number of anilines is 4. The molecule has 1 aromatic carbocycles. The van der Waals surface area contributed by atoms with Crippen molar-refractivity contribution in [3.8, 4) is 0 Å². The smallest absolute Gasteiger partial charge is 0.256 e. The van der Waals surface area contributed by atoms with Crippen molar-refractivity contribution in [2.75, 3.05) is 28.6 Å². The largest absolute Gasteiger partial charge is 0.359 e. The van der Waals surface area contributed by atoms with Crippen LogP contribution in [0.4, 0.5) is 27.7 Å². The van der Waals surface area contributed by atoms with Gasteiger partial charge in [0.05, 0.1) is 12.7 Å². The lowest BCUT2D eigenvalue weighted by Gasteiger charge is -2.16. The van der Waals surface area contributed by atoms with Crippen LogP contribution in [-0.2, 0) is 5.41 Å². The summed E-state index contributed by atoms with van der Waals surface area (Å²) >= 11 is 0. The zero-order valence-corrected chi connectivity index (χ0v) is 20.5. The molecule has 1 saturated heterocycles. The Morgan fingerprint density at radius 2 is 2.03 bits per heavy atom. The predicted molar refractivity (Wildman–Crippen MR) is 134 cm³/mol. The molecule has 3 aromatic heterocycles. The molecule has 0 spiro atoms. The highest BCUT2D eigenvalue weighted by atomic mass is 19.1. The Kier molecular flexibility index (Phi) is 5.99. The second-order valence-corrected chi connectivity index (χ2v) is 9.89. The van der Waals surface area contributed by atoms with Crippen molar-refractivity contribution in [2.24, 2.45) is 0 Å². The van der Waals surface area contributed by atoms with E-state index in [1.165, 1.54) is 6.33 Å². The molecule has 0 radical (unpaired) electrons. The number of aryl methyl sites for hydroxylation is 1. The minimum Gasteiger partial charge on any atom is -0.359 e. The topological polar surface area (TPSA) is 122 Å². The fourth-order valence-corrected chi connectivity index (χ4v) is 3.89. The third kappa shape index (κ3) is 4.81. The van der Waals surface area contributed by atoms with E-state index in [4.69, 9.17) is 4.52 Å². The number of hydrogen-bond donors (Lipinski definition) is 2. The number of hydrogen-bond acceptors (Lipinski definition) is 9. The molecule has 11 heteroatoms. The van der Waals surface area contributed by atoms with Gasteiger partial charge in [0, 0.05) is 29.3 Å². The minimum atomic E-state index is -0.886. The van der Waals surface area contributed by atoms with Gasteiger partial charge in [-0.2, -0.15) is 0 Å². The van der Waals surface area contributed by atoms with Crippen molar-refractivity contribution in [2.45, 2.75) is 45.7 Å². The lowest BCUT2D eigenvalue weighted by atomic mass is 9.93. The molecule has 5 rings (SSSR count). The second kappa shape index (κ2) is 9.14. The summed E-state index contributed by atoms with van der Waals surface area (Å²) < 4.78 is 19.1. The summed E-state index contributed by atoms with van der Waals surface area (Å²) in [4.78, 5) is 32.3. The van der Waals surface area contributed by atoms with Gasteiger partial charge < -0.3 is 20.1 Å². The summed E-state index contributed by atoms with van der Waals surface area (Å²) in [6.07, 6.45) is 2.60. The van der Waals surface area contributed by atoms with Crippen LogP contribution >= 0.6 is 0 Å². The average Bonchev–Trinajstić information content (AvgIpc) is 3.49. The SMILES string of the molecule is Cc1ccc(C(=O)Nc2cc(C(C)(C)C)on2)cc1Nc1ncnc2cnc(N3CC[C@H](F)C3)nc12. The van der Waals surface area contributed by atoms with Gasteiger partial charge in [-0.25, -0.2) is 24.3 Å². The van der Waals surface area contributed by atoms with Crippen molar-refractivity contribution in [3.05, 3.63) is 53.7 Å². The summed E-state index contributed by atoms with van der Waals surface area (Å²) in [7, 11) is 0. The van der Waals surface area contributed by atoms with E-state index < -0.39 is 6.17 Å². The van der Waals surface area contributed by atoms with Gasteiger partial charge in [-0.05, 0) is 31.0 Å². The molecule has 36 heavy (non-hydrogen) atoms. The first-order chi connectivity index (χ1) is 17.2. The average molecular weight is 491 g/mol. The second-order valence-electron chi connectivity index (χ2n) is 9.89. The van der Waals surface area contributed by atoms with Gasteiger partial charge in [0.1, 0.15) is 29.3 Å². The number of carbonyl (C=O) groups is 1. The fraction of sp³-hybridized carbons (Fsp3) is 0.360. The van der Waals surface area contributed by atoms with Gasteiger partial charge in [-0.15, -0.1) is 0 Å². The van der Waals surface area contributed by atoms with Gasteiger partial charge in [0.15, 0.2) is 11.6 Å². The number of fused-ring (bicyclic) bond motifs is 1. The van der Waals surface area contributed by atoms with E-state index in [0.29, 0.717) is 58.6 Å². The van der Waals surface area contributed by atoms with E-state index in [0.717, 1.165) is 5.56 Å². The van der Waals surface area contributed by atoms with E-state index in [-0.39, 0.29) is 17.9 Å². The number of benzene rings is 1. The monoisotopic (exact) mass is 490 g/mol. The summed E-state index contributed by atoms with van der Waals surface area (Å²) in [6.45, 7) is 8.76. The van der Waals surface area contributed by atoms with Crippen molar-refractivity contribution >= 4 is 40.2 Å². The maximum Gasteiger partial charge on any atom is 0.256 e. The molecule has 1 fully saturated rings. The van der Waals surface area contributed by atoms with Crippen LogP contribution in [0.5, 0.6) is 0 Å². The molecule has 1 amide bonds. The van der Waals surface area contributed by atoms with Crippen LogP contribution in [0.1, 0.15) is 48.9 Å². The van der Waals surface area contributed by atoms with E-state index in [2.05, 4.69) is 35.7 Å². The number of aromatic nitrogens is 5. The normalized spacial score (nSPS) is 15.9. The number of halogens is 1. The van der Waals surface area contributed by atoms with Crippen molar-refractivity contribution in [1.29, 1.82) is 0 Å². The first kappa shape index (κ1) is 23.6. The van der Waals surface area contributed by atoms with Crippen LogP contribution in [-0.4, -0.2) is 50.3 Å². The molecule has 1 aliphatic heterocycles. The summed E-state index contributed by atoms with van der Waals surface area (Å²) in [6, 6.07) is 7.04.